The molecule has 6 heteroatoms. The third-order valence-electron chi connectivity index (χ3n) is 5.17. The minimum atomic E-state index is -0.449. The lowest BCUT2D eigenvalue weighted by Crippen LogP contribution is -2.48. The van der Waals surface area contributed by atoms with Crippen LogP contribution in [-0.4, -0.2) is 51.3 Å². The lowest BCUT2D eigenvalue weighted by Gasteiger charge is -2.35. The minimum absolute atomic E-state index is 0.284. The summed E-state index contributed by atoms with van der Waals surface area (Å²) in [6.45, 7) is 6.59. The molecule has 1 aromatic heterocycles. The van der Waals surface area contributed by atoms with E-state index in [4.69, 9.17) is 9.72 Å². The first kappa shape index (κ1) is 18.9. The second kappa shape index (κ2) is 8.18. The Balaban J connectivity index is 1.88. The number of aliphatic hydroxyl groups excluding tert-OH is 1. The first-order chi connectivity index (χ1) is 12.5. The lowest BCUT2D eigenvalue weighted by molar-refractivity contribution is -0.150. The van der Waals surface area contributed by atoms with Crippen LogP contribution < -0.4 is 0 Å². The fourth-order valence-electron chi connectivity index (χ4n) is 3.63. The predicted octanol–water partition coefficient (Wildman–Crippen LogP) is 2.58. The number of benzene rings is 1. The normalized spacial score (nSPS) is 21.4. The molecule has 0 saturated carbocycles. The summed E-state index contributed by atoms with van der Waals surface area (Å²) in [5.41, 5.74) is 2.12. The summed E-state index contributed by atoms with van der Waals surface area (Å²) in [5.74, 6) is 1.29. The molecule has 1 aliphatic rings. The monoisotopic (exact) mass is 359 g/mol. The van der Waals surface area contributed by atoms with Crippen molar-refractivity contribution in [3.05, 3.63) is 30.1 Å². The average Bonchev–Trinajstić information content (AvgIpc) is 2.97. The van der Waals surface area contributed by atoms with Crippen LogP contribution in [0.25, 0.3) is 11.0 Å². The highest BCUT2D eigenvalue weighted by atomic mass is 16.5. The van der Waals surface area contributed by atoms with E-state index in [2.05, 4.69) is 29.4 Å². The van der Waals surface area contributed by atoms with Gasteiger partial charge in [0.05, 0.1) is 30.8 Å². The number of hydrogen-bond donors (Lipinski definition) is 1. The number of fused-ring (bicyclic) bond motifs is 1. The van der Waals surface area contributed by atoms with E-state index in [0.717, 1.165) is 29.8 Å². The van der Waals surface area contributed by atoms with Gasteiger partial charge < -0.3 is 14.4 Å². The Labute approximate surface area is 154 Å². The predicted molar refractivity (Wildman–Crippen MR) is 101 cm³/mol. The van der Waals surface area contributed by atoms with Gasteiger partial charge in [-0.15, -0.1) is 0 Å². The van der Waals surface area contributed by atoms with Crippen molar-refractivity contribution >= 4 is 17.0 Å². The lowest BCUT2D eigenvalue weighted by atomic mass is 9.99. The SMILES string of the molecule is COC(=O)[C@H]1C[C@@H](O)CCN1Cc1nc2ccccc2n1CCC(C)C. The smallest absolute Gasteiger partial charge is 0.323 e. The van der Waals surface area contributed by atoms with Gasteiger partial charge in [0.2, 0.25) is 0 Å². The number of imidazole rings is 1. The van der Waals surface area contributed by atoms with E-state index >= 15 is 0 Å². The summed E-state index contributed by atoms with van der Waals surface area (Å²) in [4.78, 5) is 19.1. The Hall–Kier alpha value is -1.92. The minimum Gasteiger partial charge on any atom is -0.468 e. The van der Waals surface area contributed by atoms with Gasteiger partial charge in [0.15, 0.2) is 0 Å². The molecule has 1 fully saturated rings. The highest BCUT2D eigenvalue weighted by Gasteiger charge is 2.34. The second-order valence-corrected chi connectivity index (χ2v) is 7.54. The summed E-state index contributed by atoms with van der Waals surface area (Å²) in [5, 5.41) is 9.97. The van der Waals surface area contributed by atoms with E-state index in [1.54, 1.807) is 0 Å². The molecule has 1 saturated heterocycles. The van der Waals surface area contributed by atoms with Gasteiger partial charge in [0.1, 0.15) is 11.9 Å². The number of nitrogens with zero attached hydrogens (tertiary/aromatic N) is 3. The van der Waals surface area contributed by atoms with E-state index < -0.39 is 12.1 Å². The van der Waals surface area contributed by atoms with Crippen LogP contribution in [0.5, 0.6) is 0 Å². The summed E-state index contributed by atoms with van der Waals surface area (Å²) in [7, 11) is 1.40. The van der Waals surface area contributed by atoms with E-state index in [1.807, 2.05) is 18.2 Å². The van der Waals surface area contributed by atoms with E-state index in [1.165, 1.54) is 7.11 Å². The molecule has 0 aliphatic carbocycles. The van der Waals surface area contributed by atoms with Gasteiger partial charge in [-0.2, -0.15) is 0 Å². The molecule has 0 unspecified atom stereocenters. The van der Waals surface area contributed by atoms with E-state index in [-0.39, 0.29) is 5.97 Å². The third-order valence-corrected chi connectivity index (χ3v) is 5.17. The molecule has 142 valence electrons. The van der Waals surface area contributed by atoms with Gasteiger partial charge in [0.25, 0.3) is 0 Å². The number of methoxy groups -OCH3 is 1. The summed E-state index contributed by atoms with van der Waals surface area (Å²) in [6, 6.07) is 7.75. The topological polar surface area (TPSA) is 67.6 Å². The quantitative estimate of drug-likeness (QED) is 0.803. The Morgan fingerprint density at radius 3 is 2.88 bits per heavy atom. The van der Waals surface area contributed by atoms with Crippen molar-refractivity contribution in [2.75, 3.05) is 13.7 Å². The van der Waals surface area contributed by atoms with Crippen molar-refractivity contribution < 1.29 is 14.6 Å². The zero-order valence-corrected chi connectivity index (χ0v) is 15.9. The molecule has 1 N–H and O–H groups in total. The molecular weight excluding hydrogens is 330 g/mol. The molecule has 0 amide bonds. The van der Waals surface area contributed by atoms with Gasteiger partial charge in [-0.05, 0) is 37.3 Å². The molecule has 26 heavy (non-hydrogen) atoms. The molecule has 2 heterocycles. The number of piperidine rings is 1. The number of rotatable bonds is 6. The molecule has 1 aliphatic heterocycles. The van der Waals surface area contributed by atoms with Crippen LogP contribution in [0.4, 0.5) is 0 Å². The fraction of sp³-hybridized carbons (Fsp3) is 0.600. The van der Waals surface area contributed by atoms with Crippen molar-refractivity contribution in [3.63, 3.8) is 0 Å². The highest BCUT2D eigenvalue weighted by Crippen LogP contribution is 2.24. The number of para-hydroxylation sites is 2. The fourth-order valence-corrected chi connectivity index (χ4v) is 3.63. The van der Waals surface area contributed by atoms with Gasteiger partial charge in [-0.3, -0.25) is 9.69 Å². The van der Waals surface area contributed by atoms with Gasteiger partial charge in [-0.25, -0.2) is 4.98 Å². The van der Waals surface area contributed by atoms with Gasteiger partial charge in [0, 0.05) is 13.1 Å². The highest BCUT2D eigenvalue weighted by molar-refractivity contribution is 5.76. The number of ether oxygens (including phenoxy) is 1. The number of aromatic nitrogens is 2. The van der Waals surface area contributed by atoms with Crippen molar-refractivity contribution in [1.29, 1.82) is 0 Å². The van der Waals surface area contributed by atoms with Crippen LogP contribution in [0.3, 0.4) is 0 Å². The van der Waals surface area contributed by atoms with Crippen molar-refractivity contribution in [2.24, 2.45) is 5.92 Å². The van der Waals surface area contributed by atoms with Crippen LogP contribution in [0, 0.1) is 5.92 Å². The average molecular weight is 359 g/mol. The molecule has 2 aromatic rings. The van der Waals surface area contributed by atoms with Gasteiger partial charge in [-0.1, -0.05) is 26.0 Å². The van der Waals surface area contributed by atoms with Gasteiger partial charge >= 0.3 is 5.97 Å². The maximum absolute atomic E-state index is 12.2. The zero-order chi connectivity index (χ0) is 18.7. The molecule has 3 rings (SSSR count). The number of carbonyl (C=O) groups excluding carboxylic acids is 1. The Morgan fingerprint density at radius 1 is 1.38 bits per heavy atom. The van der Waals surface area contributed by atoms with Crippen LogP contribution in [0.2, 0.25) is 0 Å². The summed E-state index contributed by atoms with van der Waals surface area (Å²) in [6.07, 6.45) is 1.71. The molecule has 1 aromatic carbocycles. The number of aryl methyl sites for hydroxylation is 1. The van der Waals surface area contributed by atoms with Crippen molar-refractivity contribution in [3.8, 4) is 0 Å². The second-order valence-electron chi connectivity index (χ2n) is 7.54. The van der Waals surface area contributed by atoms with Crippen LogP contribution >= 0.6 is 0 Å². The number of likely N-dealkylation sites (tertiary alicyclic amines) is 1. The molecule has 0 bridgehead atoms. The van der Waals surface area contributed by atoms with Crippen molar-refractivity contribution in [2.45, 2.75) is 58.3 Å². The Bertz CT molecular complexity index is 756. The maximum Gasteiger partial charge on any atom is 0.323 e. The molecule has 2 atom stereocenters. The zero-order valence-electron chi connectivity index (χ0n) is 15.9. The molecule has 0 radical (unpaired) electrons. The standard InChI is InChI=1S/C20H29N3O3/c1-14(2)8-11-23-17-7-5-4-6-16(17)21-19(23)13-22-10-9-15(24)12-18(22)20(25)26-3/h4-7,14-15,18,24H,8-13H2,1-3H3/t15-,18+/m0/s1. The number of hydrogen-bond acceptors (Lipinski definition) is 5. The van der Waals surface area contributed by atoms with Crippen LogP contribution in [0.15, 0.2) is 24.3 Å². The number of esters is 1. The van der Waals surface area contributed by atoms with E-state index in [0.29, 0.717) is 31.8 Å². The Morgan fingerprint density at radius 2 is 2.15 bits per heavy atom. The largest absolute Gasteiger partial charge is 0.468 e. The van der Waals surface area contributed by atoms with E-state index in [9.17, 15) is 9.90 Å². The number of carbonyl (C=O) groups is 1. The van der Waals surface area contributed by atoms with Crippen LogP contribution in [0.1, 0.15) is 38.9 Å². The van der Waals surface area contributed by atoms with Crippen LogP contribution in [-0.2, 0) is 22.6 Å². The maximum atomic E-state index is 12.2. The molecule has 0 spiro atoms. The number of aliphatic hydroxyl groups is 1. The Kier molecular flexibility index (Phi) is 5.94. The third kappa shape index (κ3) is 4.07. The molecular formula is C20H29N3O3. The first-order valence-corrected chi connectivity index (χ1v) is 9.43. The summed E-state index contributed by atoms with van der Waals surface area (Å²) >= 11 is 0. The summed E-state index contributed by atoms with van der Waals surface area (Å²) < 4.78 is 7.23. The van der Waals surface area contributed by atoms with Crippen molar-refractivity contribution in [1.82, 2.24) is 14.5 Å². The first-order valence-electron chi connectivity index (χ1n) is 9.43. The molecule has 6 nitrogen and oxygen atoms in total.